The molecular weight excluding hydrogens is 240 g/mol. The highest BCUT2D eigenvalue weighted by molar-refractivity contribution is 5.78. The van der Waals surface area contributed by atoms with Crippen molar-refractivity contribution in [2.45, 2.75) is 64.0 Å². The maximum atomic E-state index is 11.9. The summed E-state index contributed by atoms with van der Waals surface area (Å²) >= 11 is 0. The largest absolute Gasteiger partial charge is 0.393 e. The highest BCUT2D eigenvalue weighted by Crippen LogP contribution is 2.34. The van der Waals surface area contributed by atoms with Crippen LogP contribution < -0.4 is 5.32 Å². The van der Waals surface area contributed by atoms with E-state index in [1.165, 1.54) is 6.42 Å². The molecule has 2 N–H and O–H groups in total. The van der Waals surface area contributed by atoms with E-state index >= 15 is 0 Å². The van der Waals surface area contributed by atoms with E-state index in [0.717, 1.165) is 51.6 Å². The number of carbonyl (C=O) groups is 1. The molecule has 19 heavy (non-hydrogen) atoms. The van der Waals surface area contributed by atoms with E-state index in [-0.39, 0.29) is 12.0 Å². The number of hydrogen-bond acceptors (Lipinski definition) is 3. The summed E-state index contributed by atoms with van der Waals surface area (Å²) in [6.07, 6.45) is 7.58. The fourth-order valence-electron chi connectivity index (χ4n) is 3.63. The summed E-state index contributed by atoms with van der Waals surface area (Å²) in [5.41, 5.74) is 0. The molecule has 1 heterocycles. The van der Waals surface area contributed by atoms with Crippen molar-refractivity contribution in [1.82, 2.24) is 10.2 Å². The van der Waals surface area contributed by atoms with E-state index in [1.807, 2.05) is 0 Å². The van der Waals surface area contributed by atoms with Gasteiger partial charge in [-0.3, -0.25) is 9.69 Å². The number of aliphatic hydroxyl groups is 1. The number of amides is 1. The van der Waals surface area contributed by atoms with Crippen molar-refractivity contribution >= 4 is 5.91 Å². The minimum atomic E-state index is -0.155. The highest BCUT2D eigenvalue weighted by atomic mass is 16.3. The van der Waals surface area contributed by atoms with Gasteiger partial charge in [0.05, 0.1) is 12.6 Å². The predicted octanol–water partition coefficient (Wildman–Crippen LogP) is 1.53. The van der Waals surface area contributed by atoms with E-state index < -0.39 is 0 Å². The number of rotatable bonds is 5. The van der Waals surface area contributed by atoms with Crippen LogP contribution in [0.5, 0.6) is 0 Å². The van der Waals surface area contributed by atoms with Gasteiger partial charge in [0, 0.05) is 18.5 Å². The molecule has 1 amide bonds. The molecule has 2 fully saturated rings. The molecule has 1 saturated carbocycles. The van der Waals surface area contributed by atoms with Crippen molar-refractivity contribution in [2.24, 2.45) is 5.92 Å². The lowest BCUT2D eigenvalue weighted by Gasteiger charge is -2.37. The second kappa shape index (κ2) is 7.25. The fraction of sp³-hybridized carbons (Fsp3) is 0.933. The molecule has 2 rings (SSSR count). The zero-order chi connectivity index (χ0) is 13.7. The van der Waals surface area contributed by atoms with Crippen LogP contribution in [0.3, 0.4) is 0 Å². The molecule has 3 atom stereocenters. The fourth-order valence-corrected chi connectivity index (χ4v) is 3.63. The topological polar surface area (TPSA) is 52.6 Å². The molecule has 2 aliphatic rings. The molecule has 0 spiro atoms. The zero-order valence-electron chi connectivity index (χ0n) is 12.1. The molecule has 1 aliphatic carbocycles. The van der Waals surface area contributed by atoms with Gasteiger partial charge in [0.15, 0.2) is 0 Å². The van der Waals surface area contributed by atoms with E-state index in [0.29, 0.717) is 18.5 Å². The Morgan fingerprint density at radius 3 is 2.79 bits per heavy atom. The molecule has 0 radical (unpaired) electrons. The second-order valence-corrected chi connectivity index (χ2v) is 6.05. The average molecular weight is 268 g/mol. The molecule has 1 saturated heterocycles. The summed E-state index contributed by atoms with van der Waals surface area (Å²) in [5.74, 6) is 0.522. The first-order valence-corrected chi connectivity index (χ1v) is 7.91. The van der Waals surface area contributed by atoms with E-state index in [9.17, 15) is 9.90 Å². The van der Waals surface area contributed by atoms with Crippen LogP contribution in [0, 0.1) is 5.92 Å². The van der Waals surface area contributed by atoms with Gasteiger partial charge in [-0.25, -0.2) is 0 Å². The maximum Gasteiger partial charge on any atom is 0.234 e. The monoisotopic (exact) mass is 268 g/mol. The third-order valence-electron chi connectivity index (χ3n) is 4.61. The van der Waals surface area contributed by atoms with Gasteiger partial charge in [0.25, 0.3) is 0 Å². The summed E-state index contributed by atoms with van der Waals surface area (Å²) in [6, 6.07) is 0.419. The van der Waals surface area contributed by atoms with Gasteiger partial charge < -0.3 is 10.4 Å². The van der Waals surface area contributed by atoms with Crippen LogP contribution >= 0.6 is 0 Å². The number of likely N-dealkylation sites (tertiary alicyclic amines) is 1. The summed E-state index contributed by atoms with van der Waals surface area (Å²) < 4.78 is 0. The lowest BCUT2D eigenvalue weighted by molar-refractivity contribution is -0.123. The van der Waals surface area contributed by atoms with Crippen molar-refractivity contribution in [3.63, 3.8) is 0 Å². The molecule has 0 aromatic heterocycles. The smallest absolute Gasteiger partial charge is 0.234 e. The summed E-state index contributed by atoms with van der Waals surface area (Å²) in [6.45, 7) is 4.35. The second-order valence-electron chi connectivity index (χ2n) is 6.05. The van der Waals surface area contributed by atoms with Gasteiger partial charge in [-0.2, -0.15) is 0 Å². The Labute approximate surface area is 116 Å². The lowest BCUT2D eigenvalue weighted by atomic mass is 9.80. The molecule has 0 aromatic carbocycles. The van der Waals surface area contributed by atoms with Crippen molar-refractivity contribution in [2.75, 3.05) is 19.6 Å². The lowest BCUT2D eigenvalue weighted by Crippen LogP contribution is -2.46. The Morgan fingerprint density at radius 2 is 2.05 bits per heavy atom. The number of hydrogen-bond donors (Lipinski definition) is 2. The number of nitrogens with zero attached hydrogens (tertiary/aromatic N) is 1. The van der Waals surface area contributed by atoms with Crippen molar-refractivity contribution in [1.29, 1.82) is 0 Å². The Morgan fingerprint density at radius 1 is 1.26 bits per heavy atom. The third kappa shape index (κ3) is 3.93. The quantitative estimate of drug-likeness (QED) is 0.795. The van der Waals surface area contributed by atoms with Crippen LogP contribution in [0.2, 0.25) is 0 Å². The first-order chi connectivity index (χ1) is 9.22. The Kier molecular flexibility index (Phi) is 5.64. The molecule has 3 unspecified atom stereocenters. The summed E-state index contributed by atoms with van der Waals surface area (Å²) in [7, 11) is 0. The van der Waals surface area contributed by atoms with E-state index in [2.05, 4.69) is 17.1 Å². The van der Waals surface area contributed by atoms with Gasteiger partial charge in [0.2, 0.25) is 5.91 Å². The number of nitrogens with one attached hydrogen (secondary N) is 1. The standard InChI is InChI=1S/C15H28N2O2/c1-2-9-16-15(19)11-17-10-5-7-13(17)12-6-3-4-8-14(12)18/h12-14,18H,2-11H2,1H3,(H,16,19). The van der Waals surface area contributed by atoms with E-state index in [4.69, 9.17) is 0 Å². The Hall–Kier alpha value is -0.610. The molecule has 0 bridgehead atoms. The van der Waals surface area contributed by atoms with Crippen LogP contribution in [0.25, 0.3) is 0 Å². The normalized spacial score (nSPS) is 32.4. The van der Waals surface area contributed by atoms with Crippen LogP contribution in [0.15, 0.2) is 0 Å². The first kappa shape index (κ1) is 14.8. The summed E-state index contributed by atoms with van der Waals surface area (Å²) in [4.78, 5) is 14.1. The Balaban J connectivity index is 1.87. The van der Waals surface area contributed by atoms with Gasteiger partial charge in [0.1, 0.15) is 0 Å². The van der Waals surface area contributed by atoms with Crippen LogP contribution in [-0.2, 0) is 4.79 Å². The highest BCUT2D eigenvalue weighted by Gasteiger charge is 2.37. The van der Waals surface area contributed by atoms with Gasteiger partial charge in [-0.15, -0.1) is 0 Å². The Bertz CT molecular complexity index is 296. The minimum Gasteiger partial charge on any atom is -0.393 e. The molecule has 4 heteroatoms. The number of carbonyl (C=O) groups excluding carboxylic acids is 1. The molecule has 1 aliphatic heterocycles. The van der Waals surface area contributed by atoms with Crippen molar-refractivity contribution in [3.8, 4) is 0 Å². The molecule has 0 aromatic rings. The first-order valence-electron chi connectivity index (χ1n) is 7.91. The molecule has 4 nitrogen and oxygen atoms in total. The molecular formula is C15H28N2O2. The molecule has 110 valence electrons. The van der Waals surface area contributed by atoms with Gasteiger partial charge in [-0.1, -0.05) is 19.8 Å². The predicted molar refractivity (Wildman–Crippen MR) is 75.9 cm³/mol. The zero-order valence-corrected chi connectivity index (χ0v) is 12.1. The minimum absolute atomic E-state index is 0.138. The van der Waals surface area contributed by atoms with Crippen LogP contribution in [-0.4, -0.2) is 47.7 Å². The van der Waals surface area contributed by atoms with Crippen molar-refractivity contribution in [3.05, 3.63) is 0 Å². The summed E-state index contributed by atoms with van der Waals surface area (Å²) in [5, 5.41) is 13.1. The van der Waals surface area contributed by atoms with Gasteiger partial charge in [-0.05, 0) is 38.6 Å². The maximum absolute atomic E-state index is 11.9. The van der Waals surface area contributed by atoms with Crippen LogP contribution in [0.4, 0.5) is 0 Å². The SMILES string of the molecule is CCCNC(=O)CN1CCCC1C1CCCCC1O. The van der Waals surface area contributed by atoms with Crippen LogP contribution in [0.1, 0.15) is 51.9 Å². The van der Waals surface area contributed by atoms with E-state index in [1.54, 1.807) is 0 Å². The average Bonchev–Trinajstić information content (AvgIpc) is 2.85. The third-order valence-corrected chi connectivity index (χ3v) is 4.61. The van der Waals surface area contributed by atoms with Gasteiger partial charge >= 0.3 is 0 Å². The number of aliphatic hydroxyl groups excluding tert-OH is 1. The van der Waals surface area contributed by atoms with Crippen molar-refractivity contribution < 1.29 is 9.90 Å².